The number of thiazole rings is 1. The van der Waals surface area contributed by atoms with E-state index >= 15 is 0 Å². The number of nitrogens with zero attached hydrogens (tertiary/aromatic N) is 3. The molecule has 0 N–H and O–H groups in total. The van der Waals surface area contributed by atoms with E-state index in [-0.39, 0.29) is 17.6 Å². The molecule has 2 aliphatic rings. The number of benzene rings is 2. The number of rotatable bonds is 6. The number of carbonyl (C=O) groups is 2. The highest BCUT2D eigenvalue weighted by molar-refractivity contribution is 7.20. The number of hydrogen-bond acceptors (Lipinski definition) is 6. The minimum absolute atomic E-state index is 0.0379. The number of ether oxygens (including phenoxy) is 1. The van der Waals surface area contributed by atoms with E-state index in [4.69, 9.17) is 4.74 Å². The van der Waals surface area contributed by atoms with E-state index in [1.165, 1.54) is 5.56 Å². The average Bonchev–Trinajstić information content (AvgIpc) is 3.41. The second-order valence-electron chi connectivity index (χ2n) is 8.61. The number of para-hydroxylation sites is 1. The fourth-order valence-electron chi connectivity index (χ4n) is 4.52. The first-order valence-corrected chi connectivity index (χ1v) is 12.1. The molecule has 1 saturated heterocycles. The van der Waals surface area contributed by atoms with Gasteiger partial charge in [-0.1, -0.05) is 35.6 Å². The molecule has 2 heterocycles. The summed E-state index contributed by atoms with van der Waals surface area (Å²) < 4.78 is 7.05. The molecule has 1 saturated carbocycles. The van der Waals surface area contributed by atoms with Crippen molar-refractivity contribution in [3.63, 3.8) is 0 Å². The predicted octanol–water partition coefficient (Wildman–Crippen LogP) is 4.49. The summed E-state index contributed by atoms with van der Waals surface area (Å²) in [5.74, 6) is 1.16. The molecule has 0 spiro atoms. The minimum Gasteiger partial charge on any atom is -0.431 e. The van der Waals surface area contributed by atoms with Crippen LogP contribution in [-0.4, -0.2) is 52.7 Å². The molecular weight excluding hydrogens is 422 g/mol. The van der Waals surface area contributed by atoms with Gasteiger partial charge in [0.15, 0.2) is 0 Å². The summed E-state index contributed by atoms with van der Waals surface area (Å²) in [4.78, 5) is 33.2. The molecule has 0 radical (unpaired) electrons. The molecule has 1 aliphatic heterocycles. The van der Waals surface area contributed by atoms with E-state index < -0.39 is 0 Å². The lowest BCUT2D eigenvalue weighted by atomic mass is 10.0. The summed E-state index contributed by atoms with van der Waals surface area (Å²) in [5, 5.41) is 0.652. The standard InChI is InChI=1S/C25H27N3O3S/c29-22-6-3-4-19(22)16-24(30)28-14-12-27(13-15-28)17-18-8-10-20(11-9-18)31-25-26-21-5-1-2-7-23(21)32-25/h1-2,5,7-11,19H,3-4,6,12-17H2. The Morgan fingerprint density at radius 3 is 2.56 bits per heavy atom. The van der Waals surface area contributed by atoms with Gasteiger partial charge in [-0.2, -0.15) is 0 Å². The Balaban J connectivity index is 1.10. The largest absolute Gasteiger partial charge is 0.431 e. The number of piperazine rings is 1. The maximum Gasteiger partial charge on any atom is 0.279 e. The van der Waals surface area contributed by atoms with Crippen molar-refractivity contribution in [2.45, 2.75) is 32.2 Å². The van der Waals surface area contributed by atoms with Crippen LogP contribution in [-0.2, 0) is 16.1 Å². The lowest BCUT2D eigenvalue weighted by molar-refractivity contribution is -0.136. The normalized spacial score (nSPS) is 19.6. The number of ketones is 1. The Kier molecular flexibility index (Phi) is 6.19. The highest BCUT2D eigenvalue weighted by Crippen LogP contribution is 2.31. The first-order chi connectivity index (χ1) is 15.6. The summed E-state index contributed by atoms with van der Waals surface area (Å²) in [7, 11) is 0. The third kappa shape index (κ3) is 4.84. The molecule has 1 atom stereocenters. The second kappa shape index (κ2) is 9.38. The summed E-state index contributed by atoms with van der Waals surface area (Å²) in [6.07, 6.45) is 2.86. The highest BCUT2D eigenvalue weighted by Gasteiger charge is 2.29. The molecule has 1 aliphatic carbocycles. The van der Waals surface area contributed by atoms with Crippen molar-refractivity contribution in [3.05, 3.63) is 54.1 Å². The number of aromatic nitrogens is 1. The number of fused-ring (bicyclic) bond motifs is 1. The lowest BCUT2D eigenvalue weighted by Gasteiger charge is -2.35. The second-order valence-corrected chi connectivity index (χ2v) is 9.60. The molecule has 0 bridgehead atoms. The third-order valence-electron chi connectivity index (χ3n) is 6.39. The zero-order valence-corrected chi connectivity index (χ0v) is 18.9. The predicted molar refractivity (Wildman–Crippen MR) is 125 cm³/mol. The van der Waals surface area contributed by atoms with Gasteiger partial charge in [0, 0.05) is 51.5 Å². The van der Waals surface area contributed by atoms with Gasteiger partial charge < -0.3 is 9.64 Å². The summed E-state index contributed by atoms with van der Waals surface area (Å²) >= 11 is 1.54. The van der Waals surface area contributed by atoms with Crippen LogP contribution in [0.4, 0.5) is 0 Å². The number of Topliss-reactive ketones (excluding diaryl/α,β-unsaturated/α-hetero) is 1. The van der Waals surface area contributed by atoms with E-state index in [1.54, 1.807) is 11.3 Å². The van der Waals surface area contributed by atoms with E-state index in [0.717, 1.165) is 61.5 Å². The third-order valence-corrected chi connectivity index (χ3v) is 7.30. The van der Waals surface area contributed by atoms with Gasteiger partial charge in [0.2, 0.25) is 5.91 Å². The number of carbonyl (C=O) groups excluding carboxylic acids is 2. The summed E-state index contributed by atoms with van der Waals surface area (Å²) in [5.41, 5.74) is 2.18. The number of amides is 1. The van der Waals surface area contributed by atoms with Crippen molar-refractivity contribution in [2.24, 2.45) is 5.92 Å². The van der Waals surface area contributed by atoms with Crippen molar-refractivity contribution in [2.75, 3.05) is 26.2 Å². The maximum absolute atomic E-state index is 12.5. The van der Waals surface area contributed by atoms with E-state index in [2.05, 4.69) is 22.0 Å². The maximum atomic E-state index is 12.5. The van der Waals surface area contributed by atoms with Crippen LogP contribution in [0.1, 0.15) is 31.2 Å². The average molecular weight is 450 g/mol. The van der Waals surface area contributed by atoms with Crippen LogP contribution in [0.15, 0.2) is 48.5 Å². The fourth-order valence-corrected chi connectivity index (χ4v) is 5.35. The fraction of sp³-hybridized carbons (Fsp3) is 0.400. The molecule has 1 amide bonds. The lowest BCUT2D eigenvalue weighted by Crippen LogP contribution is -2.48. The van der Waals surface area contributed by atoms with Gasteiger partial charge >= 0.3 is 0 Å². The van der Waals surface area contributed by atoms with Crippen LogP contribution in [0, 0.1) is 5.92 Å². The van der Waals surface area contributed by atoms with Crippen LogP contribution in [0.25, 0.3) is 10.2 Å². The molecule has 1 unspecified atom stereocenters. The van der Waals surface area contributed by atoms with Gasteiger partial charge in [-0.15, -0.1) is 0 Å². The van der Waals surface area contributed by atoms with E-state index in [1.807, 2.05) is 41.3 Å². The molecule has 3 aromatic rings. The molecule has 1 aromatic heterocycles. The highest BCUT2D eigenvalue weighted by atomic mass is 32.1. The smallest absolute Gasteiger partial charge is 0.279 e. The Bertz CT molecular complexity index is 1070. The van der Waals surface area contributed by atoms with Crippen LogP contribution in [0.2, 0.25) is 0 Å². The molecule has 5 rings (SSSR count). The van der Waals surface area contributed by atoms with Gasteiger partial charge in [0.25, 0.3) is 5.19 Å². The molecular formula is C25H27N3O3S. The summed E-state index contributed by atoms with van der Waals surface area (Å²) in [6.45, 7) is 4.03. The van der Waals surface area contributed by atoms with Gasteiger partial charge in [0.1, 0.15) is 11.5 Å². The molecule has 6 nitrogen and oxygen atoms in total. The Labute approximate surface area is 191 Å². The first kappa shape index (κ1) is 21.1. The zero-order chi connectivity index (χ0) is 21.9. The zero-order valence-electron chi connectivity index (χ0n) is 18.0. The summed E-state index contributed by atoms with van der Waals surface area (Å²) in [6, 6.07) is 16.2. The van der Waals surface area contributed by atoms with Gasteiger partial charge in [0.05, 0.1) is 10.2 Å². The van der Waals surface area contributed by atoms with Gasteiger partial charge in [-0.25, -0.2) is 4.98 Å². The van der Waals surface area contributed by atoms with E-state index in [0.29, 0.717) is 18.0 Å². The van der Waals surface area contributed by atoms with Crippen molar-refractivity contribution in [1.82, 2.24) is 14.8 Å². The Hall–Kier alpha value is -2.77. The monoisotopic (exact) mass is 449 g/mol. The number of hydrogen-bond donors (Lipinski definition) is 0. The SMILES string of the molecule is O=C1CCCC1CC(=O)N1CCN(Cc2ccc(Oc3nc4ccccc4s3)cc2)CC1. The molecule has 32 heavy (non-hydrogen) atoms. The molecule has 166 valence electrons. The molecule has 7 heteroatoms. The minimum atomic E-state index is -0.0379. The Morgan fingerprint density at radius 2 is 1.84 bits per heavy atom. The molecule has 2 aromatic carbocycles. The van der Waals surface area contributed by atoms with Crippen LogP contribution in [0.5, 0.6) is 10.9 Å². The quantitative estimate of drug-likeness (QED) is 0.555. The van der Waals surface area contributed by atoms with E-state index in [9.17, 15) is 9.59 Å². The topological polar surface area (TPSA) is 62.7 Å². The van der Waals surface area contributed by atoms with Crippen molar-refractivity contribution in [1.29, 1.82) is 0 Å². The van der Waals surface area contributed by atoms with Crippen molar-refractivity contribution >= 4 is 33.2 Å². The van der Waals surface area contributed by atoms with Crippen molar-refractivity contribution in [3.8, 4) is 10.9 Å². The Morgan fingerprint density at radius 1 is 1.06 bits per heavy atom. The molecule has 2 fully saturated rings. The van der Waals surface area contributed by atoms with Crippen molar-refractivity contribution < 1.29 is 14.3 Å². The van der Waals surface area contributed by atoms with Gasteiger partial charge in [-0.05, 0) is 42.7 Å². The first-order valence-electron chi connectivity index (χ1n) is 11.3. The van der Waals surface area contributed by atoms with Crippen LogP contribution >= 0.6 is 11.3 Å². The van der Waals surface area contributed by atoms with Crippen LogP contribution < -0.4 is 4.74 Å². The van der Waals surface area contributed by atoms with Gasteiger partial charge in [-0.3, -0.25) is 14.5 Å². The van der Waals surface area contributed by atoms with Crippen LogP contribution in [0.3, 0.4) is 0 Å².